The van der Waals surface area contributed by atoms with Crippen molar-refractivity contribution >= 4 is 21.9 Å². The average Bonchev–Trinajstić information content (AvgIpc) is 2.47. The minimum absolute atomic E-state index is 0.0911. The number of likely N-dealkylation sites (tertiary alicyclic amines) is 1. The maximum atomic E-state index is 13.9. The number of carboxylic acids is 1. The zero-order valence-corrected chi connectivity index (χ0v) is 13.2. The third-order valence-electron chi connectivity index (χ3n) is 3.99. The van der Waals surface area contributed by atoms with Crippen LogP contribution >= 0.6 is 15.9 Å². The summed E-state index contributed by atoms with van der Waals surface area (Å²) in [5, 5.41) is 8.68. The third kappa shape index (κ3) is 4.48. The number of hydrogen-bond acceptors (Lipinski definition) is 2. The van der Waals surface area contributed by atoms with E-state index in [1.807, 2.05) is 4.90 Å². The molecule has 1 heterocycles. The number of rotatable bonds is 5. The lowest BCUT2D eigenvalue weighted by Crippen LogP contribution is -2.34. The highest BCUT2D eigenvalue weighted by atomic mass is 79.9. The van der Waals surface area contributed by atoms with Crippen molar-refractivity contribution in [3.05, 3.63) is 33.8 Å². The van der Waals surface area contributed by atoms with Gasteiger partial charge in [-0.25, -0.2) is 8.78 Å². The van der Waals surface area contributed by atoms with Gasteiger partial charge in [-0.3, -0.25) is 9.69 Å². The van der Waals surface area contributed by atoms with Crippen molar-refractivity contribution in [3.8, 4) is 0 Å². The minimum atomic E-state index is -0.768. The largest absolute Gasteiger partial charge is 0.481 e. The molecule has 1 aromatic rings. The van der Waals surface area contributed by atoms with Crippen LogP contribution in [0.1, 0.15) is 31.2 Å². The van der Waals surface area contributed by atoms with E-state index in [1.165, 1.54) is 12.1 Å². The molecule has 1 aromatic carbocycles. The Kier molecular flexibility index (Phi) is 5.70. The Bertz CT molecular complexity index is 517. The van der Waals surface area contributed by atoms with Gasteiger partial charge in [-0.05, 0) is 66.3 Å². The molecule has 0 bridgehead atoms. The van der Waals surface area contributed by atoms with E-state index in [0.29, 0.717) is 12.3 Å². The van der Waals surface area contributed by atoms with Crippen molar-refractivity contribution < 1.29 is 18.7 Å². The van der Waals surface area contributed by atoms with Crippen LogP contribution in [0.3, 0.4) is 0 Å². The molecule has 1 aliphatic heterocycles. The molecule has 6 heteroatoms. The van der Waals surface area contributed by atoms with Crippen LogP contribution in [0.15, 0.2) is 16.6 Å². The van der Waals surface area contributed by atoms with E-state index in [2.05, 4.69) is 15.9 Å². The molecule has 0 atom stereocenters. The number of nitrogens with zero attached hydrogens (tertiary/aromatic N) is 1. The van der Waals surface area contributed by atoms with Crippen LogP contribution < -0.4 is 0 Å². The summed E-state index contributed by atoms with van der Waals surface area (Å²) < 4.78 is 27.9. The van der Waals surface area contributed by atoms with Gasteiger partial charge in [0.2, 0.25) is 0 Å². The molecule has 0 spiro atoms. The Labute approximate surface area is 131 Å². The molecule has 0 aliphatic carbocycles. The van der Waals surface area contributed by atoms with Gasteiger partial charge in [-0.15, -0.1) is 0 Å². The second kappa shape index (κ2) is 7.31. The molecule has 0 unspecified atom stereocenters. The van der Waals surface area contributed by atoms with Gasteiger partial charge in [0.15, 0.2) is 0 Å². The van der Waals surface area contributed by atoms with Crippen LogP contribution in [-0.2, 0) is 11.3 Å². The first-order valence-corrected chi connectivity index (χ1v) is 7.83. The smallest absolute Gasteiger partial charge is 0.303 e. The molecule has 21 heavy (non-hydrogen) atoms. The maximum Gasteiger partial charge on any atom is 0.303 e. The van der Waals surface area contributed by atoms with Crippen LogP contribution in [-0.4, -0.2) is 29.1 Å². The molecule has 2 rings (SSSR count). The highest BCUT2D eigenvalue weighted by Crippen LogP contribution is 2.26. The summed E-state index contributed by atoms with van der Waals surface area (Å²) >= 11 is 3.07. The summed E-state index contributed by atoms with van der Waals surface area (Å²) in [5.74, 6) is -1.43. The Morgan fingerprint density at radius 3 is 2.62 bits per heavy atom. The van der Waals surface area contributed by atoms with Crippen LogP contribution in [0, 0.1) is 17.6 Å². The lowest BCUT2D eigenvalue weighted by molar-refractivity contribution is -0.137. The maximum absolute atomic E-state index is 13.9. The number of piperidine rings is 1. The lowest BCUT2D eigenvalue weighted by atomic mass is 9.92. The predicted molar refractivity (Wildman–Crippen MR) is 78.9 cm³/mol. The van der Waals surface area contributed by atoms with Crippen LogP contribution in [0.5, 0.6) is 0 Å². The van der Waals surface area contributed by atoms with Crippen molar-refractivity contribution in [2.45, 2.75) is 32.2 Å². The van der Waals surface area contributed by atoms with E-state index in [-0.39, 0.29) is 23.0 Å². The Balaban J connectivity index is 1.89. The molecule has 1 saturated heterocycles. The van der Waals surface area contributed by atoms with E-state index in [0.717, 1.165) is 25.9 Å². The predicted octanol–water partition coefficient (Wildman–Crippen LogP) is 3.80. The number of aliphatic carboxylic acids is 1. The number of benzene rings is 1. The molecule has 1 fully saturated rings. The average molecular weight is 362 g/mol. The van der Waals surface area contributed by atoms with Gasteiger partial charge < -0.3 is 5.11 Å². The minimum Gasteiger partial charge on any atom is -0.481 e. The molecule has 0 saturated carbocycles. The number of halogens is 3. The fourth-order valence-electron chi connectivity index (χ4n) is 2.70. The van der Waals surface area contributed by atoms with E-state index >= 15 is 0 Å². The van der Waals surface area contributed by atoms with Crippen LogP contribution in [0.2, 0.25) is 0 Å². The molecule has 0 radical (unpaired) electrons. The highest BCUT2D eigenvalue weighted by Gasteiger charge is 2.22. The normalized spacial score (nSPS) is 17.1. The second-order valence-electron chi connectivity index (χ2n) is 5.47. The van der Waals surface area contributed by atoms with Crippen molar-refractivity contribution in [1.82, 2.24) is 4.90 Å². The standard InChI is InChI=1S/C15H18BrF2NO2/c16-12-2-3-13(17)11(15(12)18)9-19-7-5-10(6-8-19)1-4-14(20)21/h2-3,10H,1,4-9H2,(H,20,21). The second-order valence-corrected chi connectivity index (χ2v) is 6.33. The molecule has 1 aliphatic rings. The highest BCUT2D eigenvalue weighted by molar-refractivity contribution is 9.10. The van der Waals surface area contributed by atoms with Gasteiger partial charge in [0.25, 0.3) is 0 Å². The van der Waals surface area contributed by atoms with Gasteiger partial charge in [-0.1, -0.05) is 0 Å². The molecule has 116 valence electrons. The summed E-state index contributed by atoms with van der Waals surface area (Å²) in [6.07, 6.45) is 2.64. The fourth-order valence-corrected chi connectivity index (χ4v) is 3.07. The molecule has 3 nitrogen and oxygen atoms in total. The topological polar surface area (TPSA) is 40.5 Å². The molecular weight excluding hydrogens is 344 g/mol. The lowest BCUT2D eigenvalue weighted by Gasteiger charge is -2.32. The summed E-state index contributed by atoms with van der Waals surface area (Å²) in [4.78, 5) is 12.6. The van der Waals surface area contributed by atoms with E-state index < -0.39 is 17.6 Å². The first kappa shape index (κ1) is 16.4. The molecular formula is C15H18BrF2NO2. The first-order valence-electron chi connectivity index (χ1n) is 7.04. The summed E-state index contributed by atoms with van der Waals surface area (Å²) in [6.45, 7) is 1.74. The van der Waals surface area contributed by atoms with E-state index in [9.17, 15) is 13.6 Å². The number of hydrogen-bond donors (Lipinski definition) is 1. The van der Waals surface area contributed by atoms with E-state index in [1.54, 1.807) is 0 Å². The zero-order valence-electron chi connectivity index (χ0n) is 11.6. The summed E-state index contributed by atoms with van der Waals surface area (Å²) in [5.41, 5.74) is 0.0911. The Morgan fingerprint density at radius 1 is 1.33 bits per heavy atom. The fraction of sp³-hybridized carbons (Fsp3) is 0.533. The van der Waals surface area contributed by atoms with Gasteiger partial charge in [0.1, 0.15) is 11.6 Å². The van der Waals surface area contributed by atoms with Crippen molar-refractivity contribution in [1.29, 1.82) is 0 Å². The van der Waals surface area contributed by atoms with Gasteiger partial charge in [0.05, 0.1) is 4.47 Å². The van der Waals surface area contributed by atoms with E-state index in [4.69, 9.17) is 5.11 Å². The van der Waals surface area contributed by atoms with Crippen LogP contribution in [0.4, 0.5) is 8.78 Å². The van der Waals surface area contributed by atoms with Gasteiger partial charge >= 0.3 is 5.97 Å². The van der Waals surface area contributed by atoms with Gasteiger partial charge in [0, 0.05) is 18.5 Å². The Hall–Kier alpha value is -1.01. The molecule has 1 N–H and O–H groups in total. The monoisotopic (exact) mass is 361 g/mol. The zero-order chi connectivity index (χ0) is 15.4. The number of carboxylic acid groups (broad SMARTS) is 1. The van der Waals surface area contributed by atoms with Crippen molar-refractivity contribution in [2.24, 2.45) is 5.92 Å². The quantitative estimate of drug-likeness (QED) is 0.810. The number of carbonyl (C=O) groups is 1. The first-order chi connectivity index (χ1) is 9.97. The van der Waals surface area contributed by atoms with Crippen LogP contribution in [0.25, 0.3) is 0 Å². The SMILES string of the molecule is O=C(O)CCC1CCN(Cc2c(F)ccc(Br)c2F)CC1. The molecule has 0 amide bonds. The van der Waals surface area contributed by atoms with Gasteiger partial charge in [-0.2, -0.15) is 0 Å². The third-order valence-corrected chi connectivity index (χ3v) is 4.61. The summed E-state index contributed by atoms with van der Waals surface area (Å²) in [7, 11) is 0. The summed E-state index contributed by atoms with van der Waals surface area (Å²) in [6, 6.07) is 2.63. The van der Waals surface area contributed by atoms with Crippen molar-refractivity contribution in [3.63, 3.8) is 0 Å². The Morgan fingerprint density at radius 2 is 2.00 bits per heavy atom. The van der Waals surface area contributed by atoms with Crippen molar-refractivity contribution in [2.75, 3.05) is 13.1 Å². The molecule has 0 aromatic heterocycles.